The number of aliphatic hydroxyl groups excluding tert-OH is 1. The Balaban J connectivity index is 1.48. The quantitative estimate of drug-likeness (QED) is 0.492. The van der Waals surface area contributed by atoms with E-state index in [0.717, 1.165) is 43.3 Å². The van der Waals surface area contributed by atoms with Crippen molar-refractivity contribution in [2.45, 2.75) is 76.7 Å². The van der Waals surface area contributed by atoms with E-state index in [0.29, 0.717) is 24.3 Å². The predicted octanol–water partition coefficient (Wildman–Crippen LogP) is 5.44. The minimum atomic E-state index is -0.575. The first-order chi connectivity index (χ1) is 15.4. The second kappa shape index (κ2) is 9.87. The van der Waals surface area contributed by atoms with Crippen LogP contribution in [0.5, 0.6) is 0 Å². The fraction of sp³-hybridized carbons (Fsp3) is 0.625. The van der Waals surface area contributed by atoms with Crippen molar-refractivity contribution in [2.24, 2.45) is 11.8 Å². The molecule has 174 valence electrons. The normalized spacial score (nSPS) is 21.4. The van der Waals surface area contributed by atoms with E-state index in [1.165, 1.54) is 24.6 Å². The predicted molar refractivity (Wildman–Crippen MR) is 122 cm³/mol. The molecule has 2 aliphatic carbocycles. The van der Waals surface area contributed by atoms with Crippen molar-refractivity contribution in [2.75, 3.05) is 11.9 Å². The topological polar surface area (TPSA) is 80.0 Å². The Bertz CT molecular complexity index is 953. The SMILES string of the molecule is CC(C)CC1CC(c2nnc([C@@H](CCO)CC(=O)Nc3ccc(Cl)cc3F)n2C2CC2)C1. The maximum absolute atomic E-state index is 14.1. The first-order valence-electron chi connectivity index (χ1n) is 11.7. The number of benzene rings is 1. The lowest BCUT2D eigenvalue weighted by Gasteiger charge is -2.36. The molecule has 2 aliphatic rings. The Kier molecular flexibility index (Phi) is 7.15. The number of aromatic nitrogens is 3. The molecule has 0 aliphatic heterocycles. The summed E-state index contributed by atoms with van der Waals surface area (Å²) in [5, 5.41) is 21.6. The Morgan fingerprint density at radius 1 is 1.31 bits per heavy atom. The minimum absolute atomic E-state index is 0.0556. The third-order valence-electron chi connectivity index (χ3n) is 6.55. The van der Waals surface area contributed by atoms with Crippen LogP contribution in [0.4, 0.5) is 10.1 Å². The third kappa shape index (κ3) is 5.31. The molecule has 2 aromatic rings. The molecule has 32 heavy (non-hydrogen) atoms. The number of hydrogen-bond acceptors (Lipinski definition) is 4. The van der Waals surface area contributed by atoms with Gasteiger partial charge in [-0.25, -0.2) is 4.39 Å². The molecule has 1 heterocycles. The van der Waals surface area contributed by atoms with Crippen LogP contribution in [0, 0.1) is 17.7 Å². The van der Waals surface area contributed by atoms with Crippen LogP contribution in [0.15, 0.2) is 18.2 Å². The highest BCUT2D eigenvalue weighted by Gasteiger charge is 2.39. The first kappa shape index (κ1) is 23.2. The Labute approximate surface area is 193 Å². The van der Waals surface area contributed by atoms with E-state index < -0.39 is 5.82 Å². The Morgan fingerprint density at radius 3 is 2.69 bits per heavy atom. The van der Waals surface area contributed by atoms with Crippen molar-refractivity contribution in [3.8, 4) is 0 Å². The van der Waals surface area contributed by atoms with Gasteiger partial charge in [-0.2, -0.15) is 0 Å². The van der Waals surface area contributed by atoms with E-state index in [1.807, 2.05) is 0 Å². The molecule has 6 nitrogen and oxygen atoms in total. The number of hydrogen-bond donors (Lipinski definition) is 2. The minimum Gasteiger partial charge on any atom is -0.396 e. The van der Waals surface area contributed by atoms with Gasteiger partial charge >= 0.3 is 0 Å². The summed E-state index contributed by atoms with van der Waals surface area (Å²) in [5.74, 6) is 2.52. The van der Waals surface area contributed by atoms with Gasteiger partial charge in [0.2, 0.25) is 5.91 Å². The number of halogens is 2. The summed E-state index contributed by atoms with van der Waals surface area (Å²) in [4.78, 5) is 12.7. The molecular formula is C24H32ClFN4O2. The third-order valence-corrected chi connectivity index (χ3v) is 6.78. The monoisotopic (exact) mass is 462 g/mol. The van der Waals surface area contributed by atoms with E-state index in [-0.39, 0.29) is 35.6 Å². The first-order valence-corrected chi connectivity index (χ1v) is 12.0. The maximum Gasteiger partial charge on any atom is 0.225 e. The van der Waals surface area contributed by atoms with Crippen LogP contribution in [-0.2, 0) is 4.79 Å². The lowest BCUT2D eigenvalue weighted by molar-refractivity contribution is -0.116. The zero-order valence-corrected chi connectivity index (χ0v) is 19.5. The summed E-state index contributed by atoms with van der Waals surface area (Å²) < 4.78 is 16.3. The highest BCUT2D eigenvalue weighted by atomic mass is 35.5. The lowest BCUT2D eigenvalue weighted by Crippen LogP contribution is -2.26. The molecule has 2 fully saturated rings. The van der Waals surface area contributed by atoms with Crippen LogP contribution >= 0.6 is 11.6 Å². The maximum atomic E-state index is 14.1. The molecule has 0 radical (unpaired) electrons. The standard InChI is InChI=1S/C24H32ClFN4O2/c1-14(2)9-15-10-17(11-15)24-29-28-23(30(24)19-4-5-19)16(7-8-31)12-22(32)27-21-6-3-18(25)13-20(21)26/h3,6,13-17,19,31H,4-5,7-12H2,1-2H3,(H,27,32)/t15?,16-,17?/m0/s1. The number of nitrogens with zero attached hydrogens (tertiary/aromatic N) is 3. The lowest BCUT2D eigenvalue weighted by atomic mass is 9.71. The van der Waals surface area contributed by atoms with Crippen molar-refractivity contribution >= 4 is 23.2 Å². The van der Waals surface area contributed by atoms with Crippen LogP contribution in [-0.4, -0.2) is 32.4 Å². The largest absolute Gasteiger partial charge is 0.396 e. The number of nitrogens with one attached hydrogen (secondary N) is 1. The van der Waals surface area contributed by atoms with Gasteiger partial charge in [-0.15, -0.1) is 10.2 Å². The summed E-state index contributed by atoms with van der Waals surface area (Å²) >= 11 is 5.79. The van der Waals surface area contributed by atoms with Crippen LogP contribution < -0.4 is 5.32 Å². The van der Waals surface area contributed by atoms with Gasteiger partial charge in [0.15, 0.2) is 0 Å². The number of amides is 1. The molecule has 1 atom stereocenters. The van der Waals surface area contributed by atoms with Crippen LogP contribution in [0.1, 0.15) is 88.3 Å². The van der Waals surface area contributed by atoms with Crippen molar-refractivity contribution < 1.29 is 14.3 Å². The molecule has 2 saturated carbocycles. The number of anilines is 1. The Morgan fingerprint density at radius 2 is 2.06 bits per heavy atom. The summed E-state index contributed by atoms with van der Waals surface area (Å²) in [7, 11) is 0. The van der Waals surface area contributed by atoms with Gasteiger partial charge in [0.25, 0.3) is 0 Å². The van der Waals surface area contributed by atoms with E-state index >= 15 is 0 Å². The molecular weight excluding hydrogens is 431 g/mol. The summed E-state index contributed by atoms with van der Waals surface area (Å²) in [6, 6.07) is 4.54. The summed E-state index contributed by atoms with van der Waals surface area (Å²) in [5.41, 5.74) is 0.0946. The zero-order valence-electron chi connectivity index (χ0n) is 18.7. The smallest absolute Gasteiger partial charge is 0.225 e. The second-order valence-electron chi connectivity index (χ2n) is 9.77. The molecule has 1 aromatic carbocycles. The van der Waals surface area contributed by atoms with Crippen molar-refractivity contribution in [3.63, 3.8) is 0 Å². The fourth-order valence-electron chi connectivity index (χ4n) is 4.88. The average Bonchev–Trinajstić information content (AvgIpc) is 3.45. The van der Waals surface area contributed by atoms with Gasteiger partial charge in [0.05, 0.1) is 5.69 Å². The average molecular weight is 463 g/mol. The van der Waals surface area contributed by atoms with Gasteiger partial charge in [0, 0.05) is 35.9 Å². The number of aliphatic hydroxyl groups is 1. The molecule has 0 bridgehead atoms. The molecule has 4 rings (SSSR count). The van der Waals surface area contributed by atoms with Gasteiger partial charge in [-0.3, -0.25) is 4.79 Å². The van der Waals surface area contributed by atoms with Crippen LogP contribution in [0.25, 0.3) is 0 Å². The molecule has 0 unspecified atom stereocenters. The molecule has 1 amide bonds. The molecule has 1 aromatic heterocycles. The zero-order chi connectivity index (χ0) is 22.8. The van der Waals surface area contributed by atoms with Crippen molar-refractivity contribution in [3.05, 3.63) is 40.7 Å². The second-order valence-corrected chi connectivity index (χ2v) is 10.2. The molecule has 0 spiro atoms. The van der Waals surface area contributed by atoms with Crippen LogP contribution in [0.2, 0.25) is 5.02 Å². The highest BCUT2D eigenvalue weighted by molar-refractivity contribution is 6.30. The van der Waals surface area contributed by atoms with Gasteiger partial charge in [0.1, 0.15) is 17.5 Å². The summed E-state index contributed by atoms with van der Waals surface area (Å²) in [6.45, 7) is 4.47. The molecule has 0 saturated heterocycles. The van der Waals surface area contributed by atoms with E-state index in [2.05, 4.69) is 33.9 Å². The van der Waals surface area contributed by atoms with Crippen LogP contribution in [0.3, 0.4) is 0 Å². The number of rotatable bonds is 10. The van der Waals surface area contributed by atoms with Gasteiger partial charge < -0.3 is 15.0 Å². The van der Waals surface area contributed by atoms with Crippen molar-refractivity contribution in [1.29, 1.82) is 0 Å². The van der Waals surface area contributed by atoms with E-state index in [1.54, 1.807) is 0 Å². The van der Waals surface area contributed by atoms with Crippen molar-refractivity contribution in [1.82, 2.24) is 14.8 Å². The van der Waals surface area contributed by atoms with Gasteiger partial charge in [-0.05, 0) is 68.6 Å². The number of carbonyl (C=O) groups excluding carboxylic acids is 1. The highest BCUT2D eigenvalue weighted by Crippen LogP contribution is 2.48. The van der Waals surface area contributed by atoms with E-state index in [9.17, 15) is 14.3 Å². The summed E-state index contributed by atoms with van der Waals surface area (Å²) in [6.07, 6.45) is 6.22. The fourth-order valence-corrected chi connectivity index (χ4v) is 5.04. The van der Waals surface area contributed by atoms with Gasteiger partial charge in [-0.1, -0.05) is 25.4 Å². The molecule has 8 heteroatoms. The number of carbonyl (C=O) groups is 1. The van der Waals surface area contributed by atoms with E-state index in [4.69, 9.17) is 11.6 Å². The Hall–Kier alpha value is -1.99. The molecule has 2 N–H and O–H groups in total.